The third kappa shape index (κ3) is 3.90. The molecule has 4 rings (SSSR count). The Balaban J connectivity index is 2.00. The number of alkyl halides is 3. The number of aromatic nitrogens is 1. The van der Waals surface area contributed by atoms with Gasteiger partial charge in [-0.15, -0.1) is 0 Å². The lowest BCUT2D eigenvalue weighted by Crippen LogP contribution is -2.30. The van der Waals surface area contributed by atoms with E-state index < -0.39 is 12.1 Å². The monoisotopic (exact) mass is 502 g/mol. The molecule has 0 saturated carbocycles. The van der Waals surface area contributed by atoms with E-state index in [0.29, 0.717) is 49.3 Å². The van der Waals surface area contributed by atoms with E-state index in [9.17, 15) is 18.0 Å². The zero-order chi connectivity index (χ0) is 23.2. The lowest BCUT2D eigenvalue weighted by Gasteiger charge is -2.21. The number of nitrogens with one attached hydrogen (secondary N) is 1. The van der Waals surface area contributed by atoms with Crippen LogP contribution in [0.3, 0.4) is 0 Å². The summed E-state index contributed by atoms with van der Waals surface area (Å²) < 4.78 is 45.6. The van der Waals surface area contributed by atoms with E-state index in [-0.39, 0.29) is 5.69 Å². The first-order chi connectivity index (χ1) is 15.1. The lowest BCUT2D eigenvalue weighted by molar-refractivity contribution is -0.167. The number of nitrogens with zero attached hydrogens (tertiary/aromatic N) is 1. The van der Waals surface area contributed by atoms with Gasteiger partial charge in [0.1, 0.15) is 5.52 Å². The molecular formula is C24H18BrF3N2O2. The Morgan fingerprint density at radius 2 is 1.69 bits per heavy atom. The molecule has 4 nitrogen and oxygen atoms in total. The molecule has 8 heteroatoms. The maximum absolute atomic E-state index is 13.0. The first-order valence-corrected chi connectivity index (χ1v) is 10.5. The minimum atomic E-state index is -5.02. The summed E-state index contributed by atoms with van der Waals surface area (Å²) in [4.78, 5) is 16.4. The molecule has 1 aromatic heterocycles. The molecule has 0 saturated heterocycles. The first-order valence-electron chi connectivity index (χ1n) is 9.71. The molecule has 1 amide bonds. The number of oxazole rings is 1. The molecule has 1 heterocycles. The second-order valence-electron chi connectivity index (χ2n) is 7.50. The highest BCUT2D eigenvalue weighted by atomic mass is 79.9. The summed E-state index contributed by atoms with van der Waals surface area (Å²) in [6, 6.07) is 14.5. The Morgan fingerprint density at radius 3 is 2.34 bits per heavy atom. The van der Waals surface area contributed by atoms with Gasteiger partial charge in [0.05, 0.1) is 11.3 Å². The first kappa shape index (κ1) is 22.1. The summed E-state index contributed by atoms with van der Waals surface area (Å²) in [5.41, 5.74) is 5.17. The standard InChI is InChI=1S/C24H18BrF3N2O2/c1-12-9-10-17-16(11-12)29-22(32-17)18-13(2)14(3)21(30-23(31)24(26,27)28)19(20(18)25)15-7-5-4-6-8-15/h4-11H,1-3H3,(H,30,31). The minimum Gasteiger partial charge on any atom is -0.436 e. The van der Waals surface area contributed by atoms with Crippen molar-refractivity contribution in [1.29, 1.82) is 0 Å². The number of hydrogen-bond donors (Lipinski definition) is 1. The number of halogens is 4. The number of aryl methyl sites for hydroxylation is 1. The van der Waals surface area contributed by atoms with Crippen LogP contribution in [0.4, 0.5) is 18.9 Å². The van der Waals surface area contributed by atoms with Gasteiger partial charge in [0.25, 0.3) is 0 Å². The van der Waals surface area contributed by atoms with Crippen LogP contribution in [0.1, 0.15) is 16.7 Å². The van der Waals surface area contributed by atoms with Crippen LogP contribution in [0, 0.1) is 20.8 Å². The van der Waals surface area contributed by atoms with Gasteiger partial charge in [-0.1, -0.05) is 36.4 Å². The number of rotatable bonds is 3. The Morgan fingerprint density at radius 1 is 1.00 bits per heavy atom. The molecule has 3 aromatic carbocycles. The molecule has 0 fully saturated rings. The summed E-state index contributed by atoms with van der Waals surface area (Å²) in [6.07, 6.45) is -5.02. The molecular weight excluding hydrogens is 485 g/mol. The van der Waals surface area contributed by atoms with E-state index in [0.717, 1.165) is 5.56 Å². The van der Waals surface area contributed by atoms with Crippen LogP contribution in [0.15, 0.2) is 57.4 Å². The Hall–Kier alpha value is -3.13. The zero-order valence-electron chi connectivity index (χ0n) is 17.4. The quantitative estimate of drug-likeness (QED) is 0.318. The number of carbonyl (C=O) groups excluding carboxylic acids is 1. The predicted octanol–water partition coefficient (Wildman–Crippen LogP) is 7.35. The largest absolute Gasteiger partial charge is 0.471 e. The molecule has 0 bridgehead atoms. The number of anilines is 1. The van der Waals surface area contributed by atoms with Crippen molar-refractivity contribution in [3.05, 3.63) is 69.7 Å². The van der Waals surface area contributed by atoms with Gasteiger partial charge in [-0.25, -0.2) is 4.98 Å². The van der Waals surface area contributed by atoms with Crippen molar-refractivity contribution in [1.82, 2.24) is 4.98 Å². The summed E-state index contributed by atoms with van der Waals surface area (Å²) >= 11 is 3.57. The number of fused-ring (bicyclic) bond motifs is 1. The Labute approximate surface area is 190 Å². The van der Waals surface area contributed by atoms with Gasteiger partial charge in [-0.05, 0) is 71.1 Å². The molecule has 0 atom stereocenters. The molecule has 0 unspecified atom stereocenters. The summed E-state index contributed by atoms with van der Waals surface area (Å²) in [6.45, 7) is 5.37. The SMILES string of the molecule is Cc1ccc2oc(-c3c(C)c(C)c(NC(=O)C(F)(F)F)c(-c4ccccc4)c3Br)nc2c1. The molecule has 0 spiro atoms. The molecule has 0 aliphatic carbocycles. The predicted molar refractivity (Wildman–Crippen MR) is 121 cm³/mol. The van der Waals surface area contributed by atoms with Gasteiger partial charge in [0.15, 0.2) is 5.58 Å². The van der Waals surface area contributed by atoms with Gasteiger partial charge < -0.3 is 9.73 Å². The highest BCUT2D eigenvalue weighted by molar-refractivity contribution is 9.10. The maximum atomic E-state index is 13.0. The van der Waals surface area contributed by atoms with E-state index in [2.05, 4.69) is 26.2 Å². The van der Waals surface area contributed by atoms with Crippen molar-refractivity contribution in [3.8, 4) is 22.6 Å². The maximum Gasteiger partial charge on any atom is 0.471 e. The number of carbonyl (C=O) groups is 1. The van der Waals surface area contributed by atoms with E-state index >= 15 is 0 Å². The van der Waals surface area contributed by atoms with Crippen molar-refractivity contribution in [2.45, 2.75) is 26.9 Å². The van der Waals surface area contributed by atoms with E-state index in [1.807, 2.05) is 25.1 Å². The van der Waals surface area contributed by atoms with Crippen molar-refractivity contribution in [2.75, 3.05) is 5.32 Å². The second-order valence-corrected chi connectivity index (χ2v) is 8.29. The highest BCUT2D eigenvalue weighted by Crippen LogP contribution is 2.46. The third-order valence-electron chi connectivity index (χ3n) is 5.32. The van der Waals surface area contributed by atoms with Crippen molar-refractivity contribution >= 4 is 38.6 Å². The molecule has 0 aliphatic rings. The van der Waals surface area contributed by atoms with Gasteiger partial charge in [-0.3, -0.25) is 4.79 Å². The van der Waals surface area contributed by atoms with Crippen LogP contribution in [-0.2, 0) is 4.79 Å². The van der Waals surface area contributed by atoms with E-state index in [4.69, 9.17) is 4.42 Å². The average Bonchev–Trinajstić information content (AvgIpc) is 3.14. The Kier molecular flexibility index (Phi) is 5.58. The van der Waals surface area contributed by atoms with Gasteiger partial charge in [0, 0.05) is 10.0 Å². The van der Waals surface area contributed by atoms with Gasteiger partial charge in [0.2, 0.25) is 5.89 Å². The third-order valence-corrected chi connectivity index (χ3v) is 6.11. The minimum absolute atomic E-state index is 0.0820. The van der Waals surface area contributed by atoms with Gasteiger partial charge in [-0.2, -0.15) is 13.2 Å². The number of amides is 1. The van der Waals surface area contributed by atoms with Crippen LogP contribution in [0.2, 0.25) is 0 Å². The summed E-state index contributed by atoms with van der Waals surface area (Å²) in [5.74, 6) is -1.70. The molecule has 32 heavy (non-hydrogen) atoms. The van der Waals surface area contributed by atoms with Crippen molar-refractivity contribution in [3.63, 3.8) is 0 Å². The highest BCUT2D eigenvalue weighted by Gasteiger charge is 2.39. The molecule has 4 aromatic rings. The fourth-order valence-corrected chi connectivity index (χ4v) is 4.47. The number of hydrogen-bond acceptors (Lipinski definition) is 3. The summed E-state index contributed by atoms with van der Waals surface area (Å²) in [7, 11) is 0. The van der Waals surface area contributed by atoms with Crippen LogP contribution in [0.25, 0.3) is 33.7 Å². The van der Waals surface area contributed by atoms with E-state index in [1.54, 1.807) is 44.2 Å². The van der Waals surface area contributed by atoms with Crippen LogP contribution in [0.5, 0.6) is 0 Å². The smallest absolute Gasteiger partial charge is 0.436 e. The van der Waals surface area contributed by atoms with Crippen LogP contribution < -0.4 is 5.32 Å². The normalized spacial score (nSPS) is 11.7. The second kappa shape index (κ2) is 8.09. The fraction of sp³-hybridized carbons (Fsp3) is 0.167. The zero-order valence-corrected chi connectivity index (χ0v) is 19.0. The molecule has 1 N–H and O–H groups in total. The van der Waals surface area contributed by atoms with Crippen LogP contribution in [-0.4, -0.2) is 17.1 Å². The summed E-state index contributed by atoms with van der Waals surface area (Å²) in [5, 5.41) is 2.07. The molecule has 0 radical (unpaired) electrons. The van der Waals surface area contributed by atoms with Crippen molar-refractivity contribution < 1.29 is 22.4 Å². The molecule has 0 aliphatic heterocycles. The topological polar surface area (TPSA) is 55.1 Å². The Bertz CT molecular complexity index is 1350. The fourth-order valence-electron chi connectivity index (χ4n) is 3.58. The number of benzene rings is 3. The average molecular weight is 503 g/mol. The van der Waals surface area contributed by atoms with E-state index in [1.165, 1.54) is 0 Å². The van der Waals surface area contributed by atoms with Gasteiger partial charge >= 0.3 is 12.1 Å². The lowest BCUT2D eigenvalue weighted by atomic mass is 9.92. The van der Waals surface area contributed by atoms with Crippen LogP contribution >= 0.6 is 15.9 Å². The van der Waals surface area contributed by atoms with Crippen molar-refractivity contribution in [2.24, 2.45) is 0 Å². The molecule has 164 valence electrons.